The molecule has 0 atom stereocenters. The first-order valence-corrected chi connectivity index (χ1v) is 4.77. The largest absolute Gasteiger partial charge is 0.450 e. The molecule has 0 saturated heterocycles. The van der Waals surface area contributed by atoms with Crippen LogP contribution < -0.4 is 5.43 Å². The molecule has 0 aliphatic carbocycles. The van der Waals surface area contributed by atoms with E-state index in [1.807, 2.05) is 26.0 Å². The van der Waals surface area contributed by atoms with Crippen LogP contribution in [-0.2, 0) is 0 Å². The van der Waals surface area contributed by atoms with E-state index in [0.29, 0.717) is 16.1 Å². The van der Waals surface area contributed by atoms with E-state index in [2.05, 4.69) is 12.6 Å². The second-order valence-corrected chi connectivity index (χ2v) is 3.79. The maximum Gasteiger partial charge on any atom is 0.194 e. The molecule has 0 aliphatic rings. The van der Waals surface area contributed by atoms with Crippen molar-refractivity contribution >= 4 is 23.6 Å². The third kappa shape index (κ3) is 1.34. The summed E-state index contributed by atoms with van der Waals surface area (Å²) >= 11 is 4.04. The molecule has 0 amide bonds. The first-order valence-electron chi connectivity index (χ1n) is 4.32. The molecule has 0 N–H and O–H groups in total. The average molecular weight is 206 g/mol. The number of fused-ring (bicyclic) bond motifs is 1. The first kappa shape index (κ1) is 9.34. The summed E-state index contributed by atoms with van der Waals surface area (Å²) < 4.78 is 5.42. The van der Waals surface area contributed by atoms with Gasteiger partial charge >= 0.3 is 0 Å². The van der Waals surface area contributed by atoms with Crippen molar-refractivity contribution in [2.75, 3.05) is 0 Å². The van der Waals surface area contributed by atoms with Crippen LogP contribution in [0.2, 0.25) is 0 Å². The summed E-state index contributed by atoms with van der Waals surface area (Å²) in [7, 11) is 0. The van der Waals surface area contributed by atoms with Gasteiger partial charge in [0.2, 0.25) is 0 Å². The molecule has 14 heavy (non-hydrogen) atoms. The molecule has 0 spiro atoms. The predicted octanol–water partition coefficient (Wildman–Crippen LogP) is 2.70. The molecule has 0 unspecified atom stereocenters. The quantitative estimate of drug-likeness (QED) is 0.672. The van der Waals surface area contributed by atoms with Crippen LogP contribution in [0.3, 0.4) is 0 Å². The number of rotatable bonds is 0. The second-order valence-electron chi connectivity index (χ2n) is 3.35. The van der Waals surface area contributed by atoms with Crippen LogP contribution in [-0.4, -0.2) is 0 Å². The molecule has 2 rings (SSSR count). The van der Waals surface area contributed by atoms with Crippen LogP contribution in [0, 0.1) is 13.8 Å². The Morgan fingerprint density at radius 3 is 2.57 bits per heavy atom. The molecule has 2 aromatic rings. The molecule has 0 fully saturated rings. The van der Waals surface area contributed by atoms with Crippen molar-refractivity contribution < 1.29 is 4.42 Å². The van der Waals surface area contributed by atoms with Crippen LogP contribution in [0.1, 0.15) is 11.1 Å². The SMILES string of the molecule is Cc1ccc(C)c2c(=O)cc(S)oc12. The molecule has 1 aromatic heterocycles. The minimum absolute atomic E-state index is 0.0301. The third-order valence-corrected chi connectivity index (χ3v) is 2.49. The van der Waals surface area contributed by atoms with Gasteiger partial charge in [-0.1, -0.05) is 12.1 Å². The summed E-state index contributed by atoms with van der Waals surface area (Å²) in [5.41, 5.74) is 2.51. The van der Waals surface area contributed by atoms with E-state index in [9.17, 15) is 4.79 Å². The molecule has 72 valence electrons. The number of benzene rings is 1. The Bertz CT molecular complexity index is 555. The summed E-state index contributed by atoms with van der Waals surface area (Å²) in [6.45, 7) is 3.81. The highest BCUT2D eigenvalue weighted by Crippen LogP contribution is 2.21. The van der Waals surface area contributed by atoms with E-state index in [1.54, 1.807) is 0 Å². The average Bonchev–Trinajstić information content (AvgIpc) is 2.10. The minimum Gasteiger partial charge on any atom is -0.450 e. The number of hydrogen-bond acceptors (Lipinski definition) is 3. The van der Waals surface area contributed by atoms with E-state index >= 15 is 0 Å². The topological polar surface area (TPSA) is 30.2 Å². The molecule has 3 heteroatoms. The summed E-state index contributed by atoms with van der Waals surface area (Å²) in [4.78, 5) is 11.7. The highest BCUT2D eigenvalue weighted by Gasteiger charge is 2.07. The number of aryl methyl sites for hydroxylation is 2. The fraction of sp³-hybridized carbons (Fsp3) is 0.182. The van der Waals surface area contributed by atoms with Gasteiger partial charge in [-0.15, -0.1) is 12.6 Å². The van der Waals surface area contributed by atoms with Gasteiger partial charge in [-0.2, -0.15) is 0 Å². The van der Waals surface area contributed by atoms with Crippen LogP contribution in [0.25, 0.3) is 11.0 Å². The standard InChI is InChI=1S/C11H10O2S/c1-6-3-4-7(2)11-10(6)8(12)5-9(14)13-11/h3-5,14H,1-2H3. The summed E-state index contributed by atoms with van der Waals surface area (Å²) in [6.07, 6.45) is 0. The fourth-order valence-corrected chi connectivity index (χ4v) is 1.75. The van der Waals surface area contributed by atoms with Crippen molar-refractivity contribution in [2.45, 2.75) is 18.9 Å². The highest BCUT2D eigenvalue weighted by molar-refractivity contribution is 7.80. The van der Waals surface area contributed by atoms with Crippen molar-refractivity contribution in [1.29, 1.82) is 0 Å². The molecule has 0 radical (unpaired) electrons. The summed E-state index contributed by atoms with van der Waals surface area (Å²) in [6, 6.07) is 5.26. The van der Waals surface area contributed by atoms with Gasteiger partial charge < -0.3 is 4.42 Å². The van der Waals surface area contributed by atoms with Crippen molar-refractivity contribution in [2.24, 2.45) is 0 Å². The van der Waals surface area contributed by atoms with Gasteiger partial charge in [0.1, 0.15) is 5.58 Å². The molecule has 0 bridgehead atoms. The third-order valence-electron chi connectivity index (χ3n) is 2.27. The molecule has 1 heterocycles. The zero-order chi connectivity index (χ0) is 10.3. The van der Waals surface area contributed by atoms with E-state index in [1.165, 1.54) is 6.07 Å². The maximum absolute atomic E-state index is 11.7. The predicted molar refractivity (Wildman–Crippen MR) is 59.2 cm³/mol. The lowest BCUT2D eigenvalue weighted by Gasteiger charge is -2.03. The van der Waals surface area contributed by atoms with E-state index in [-0.39, 0.29) is 5.43 Å². The summed E-state index contributed by atoms with van der Waals surface area (Å²) in [5, 5.41) is 1.01. The van der Waals surface area contributed by atoms with Crippen LogP contribution >= 0.6 is 12.6 Å². The molecule has 0 saturated carbocycles. The second kappa shape index (κ2) is 3.17. The van der Waals surface area contributed by atoms with Gasteiger partial charge in [0, 0.05) is 6.07 Å². The van der Waals surface area contributed by atoms with Crippen molar-refractivity contribution in [3.8, 4) is 0 Å². The lowest BCUT2D eigenvalue weighted by molar-refractivity contribution is 0.500. The first-order chi connectivity index (χ1) is 6.59. The van der Waals surface area contributed by atoms with Gasteiger partial charge in [0.05, 0.1) is 5.39 Å². The van der Waals surface area contributed by atoms with Crippen LogP contribution in [0.15, 0.2) is 32.5 Å². The van der Waals surface area contributed by atoms with Crippen LogP contribution in [0.5, 0.6) is 0 Å². The Hall–Kier alpha value is -1.22. The lowest BCUT2D eigenvalue weighted by Crippen LogP contribution is -2.02. The van der Waals surface area contributed by atoms with Gasteiger partial charge in [0.15, 0.2) is 10.5 Å². The van der Waals surface area contributed by atoms with E-state index in [0.717, 1.165) is 11.1 Å². The molecular weight excluding hydrogens is 196 g/mol. The van der Waals surface area contributed by atoms with Gasteiger partial charge in [-0.25, -0.2) is 0 Å². The Balaban J connectivity index is 3.08. The zero-order valence-corrected chi connectivity index (χ0v) is 8.89. The van der Waals surface area contributed by atoms with Crippen molar-refractivity contribution in [1.82, 2.24) is 0 Å². The van der Waals surface area contributed by atoms with Gasteiger partial charge in [-0.3, -0.25) is 4.79 Å². The Morgan fingerprint density at radius 2 is 1.86 bits per heavy atom. The Morgan fingerprint density at radius 1 is 1.21 bits per heavy atom. The van der Waals surface area contributed by atoms with E-state index < -0.39 is 0 Å². The molecular formula is C11H10O2S. The van der Waals surface area contributed by atoms with Crippen molar-refractivity contribution in [3.05, 3.63) is 39.5 Å². The fourth-order valence-electron chi connectivity index (χ4n) is 1.54. The van der Waals surface area contributed by atoms with Gasteiger partial charge in [-0.05, 0) is 25.0 Å². The number of thiol groups is 1. The smallest absolute Gasteiger partial charge is 0.194 e. The highest BCUT2D eigenvalue weighted by atomic mass is 32.1. The molecule has 0 aliphatic heterocycles. The Labute approximate surface area is 87.0 Å². The monoisotopic (exact) mass is 206 g/mol. The minimum atomic E-state index is -0.0301. The zero-order valence-electron chi connectivity index (χ0n) is 8.00. The molecule has 1 aromatic carbocycles. The Kier molecular flexibility index (Phi) is 2.11. The maximum atomic E-state index is 11.7. The summed E-state index contributed by atoms with van der Waals surface area (Å²) in [5.74, 6) is 0. The van der Waals surface area contributed by atoms with E-state index in [4.69, 9.17) is 4.42 Å². The lowest BCUT2D eigenvalue weighted by atomic mass is 10.1. The molecule has 2 nitrogen and oxygen atoms in total. The van der Waals surface area contributed by atoms with Gasteiger partial charge in [0.25, 0.3) is 0 Å². The number of hydrogen-bond donors (Lipinski definition) is 1. The normalized spacial score (nSPS) is 10.8. The van der Waals surface area contributed by atoms with Crippen molar-refractivity contribution in [3.63, 3.8) is 0 Å². The van der Waals surface area contributed by atoms with Crippen LogP contribution in [0.4, 0.5) is 0 Å².